The molecule has 0 aliphatic rings. The van der Waals surface area contributed by atoms with E-state index >= 15 is 0 Å². The predicted molar refractivity (Wildman–Crippen MR) is 106 cm³/mol. The normalized spacial score (nSPS) is 11.0. The van der Waals surface area contributed by atoms with Crippen LogP contribution in [0.15, 0.2) is 28.8 Å². The maximum absolute atomic E-state index is 11.9. The molecule has 0 aliphatic carbocycles. The largest absolute Gasteiger partial charge is 0.497 e. The Morgan fingerprint density at radius 2 is 1.89 bits per heavy atom. The molecule has 6 nitrogen and oxygen atoms in total. The molecule has 1 heterocycles. The fourth-order valence-corrected chi connectivity index (χ4v) is 2.78. The summed E-state index contributed by atoms with van der Waals surface area (Å²) in [5.41, 5.74) is 0.854. The van der Waals surface area contributed by atoms with Crippen LogP contribution in [0.3, 0.4) is 0 Å². The van der Waals surface area contributed by atoms with Crippen LogP contribution in [0.4, 0.5) is 0 Å². The van der Waals surface area contributed by atoms with Crippen LogP contribution in [-0.4, -0.2) is 29.7 Å². The highest BCUT2D eigenvalue weighted by Crippen LogP contribution is 2.20. The van der Waals surface area contributed by atoms with Crippen molar-refractivity contribution in [3.8, 4) is 17.1 Å². The summed E-state index contributed by atoms with van der Waals surface area (Å²) in [7, 11) is 1.62. The van der Waals surface area contributed by atoms with Crippen molar-refractivity contribution >= 4 is 5.91 Å². The molecule has 0 bridgehead atoms. The van der Waals surface area contributed by atoms with Gasteiger partial charge in [0.25, 0.3) is 0 Å². The quantitative estimate of drug-likeness (QED) is 0.558. The molecule has 1 aromatic carbocycles. The van der Waals surface area contributed by atoms with Crippen LogP contribution < -0.4 is 10.1 Å². The summed E-state index contributed by atoms with van der Waals surface area (Å²) in [5.74, 6) is 2.58. The van der Waals surface area contributed by atoms with Gasteiger partial charge in [0.1, 0.15) is 5.75 Å². The zero-order chi connectivity index (χ0) is 19.5. The lowest BCUT2D eigenvalue weighted by Crippen LogP contribution is -2.24. The van der Waals surface area contributed by atoms with E-state index in [1.54, 1.807) is 7.11 Å². The van der Waals surface area contributed by atoms with Gasteiger partial charge in [-0.2, -0.15) is 4.98 Å². The Balaban J connectivity index is 1.63. The summed E-state index contributed by atoms with van der Waals surface area (Å²) >= 11 is 0. The van der Waals surface area contributed by atoms with E-state index in [2.05, 4.69) is 29.3 Å². The topological polar surface area (TPSA) is 77.2 Å². The molecule has 0 saturated carbocycles. The minimum atomic E-state index is 0.0291. The maximum Gasteiger partial charge on any atom is 0.227 e. The van der Waals surface area contributed by atoms with Crippen molar-refractivity contribution in [2.24, 2.45) is 5.92 Å². The maximum atomic E-state index is 11.9. The van der Waals surface area contributed by atoms with Gasteiger partial charge in [-0.3, -0.25) is 4.79 Å². The first-order valence-electron chi connectivity index (χ1n) is 9.82. The van der Waals surface area contributed by atoms with E-state index in [0.717, 1.165) is 30.2 Å². The number of benzene rings is 1. The van der Waals surface area contributed by atoms with Gasteiger partial charge in [0.15, 0.2) is 0 Å². The number of aryl methyl sites for hydroxylation is 1. The third-order valence-corrected chi connectivity index (χ3v) is 4.41. The highest BCUT2D eigenvalue weighted by atomic mass is 16.5. The average Bonchev–Trinajstić information content (AvgIpc) is 3.14. The number of hydrogen-bond donors (Lipinski definition) is 1. The van der Waals surface area contributed by atoms with E-state index in [0.29, 0.717) is 24.6 Å². The smallest absolute Gasteiger partial charge is 0.227 e. The van der Waals surface area contributed by atoms with Crippen molar-refractivity contribution in [2.75, 3.05) is 13.7 Å². The number of carbonyl (C=O) groups excluding carboxylic acids is 1. The number of nitrogens with zero attached hydrogens (tertiary/aromatic N) is 2. The first-order chi connectivity index (χ1) is 13.1. The van der Waals surface area contributed by atoms with Gasteiger partial charge in [0.05, 0.1) is 7.11 Å². The molecular formula is C21H31N3O3. The van der Waals surface area contributed by atoms with E-state index in [1.807, 2.05) is 24.3 Å². The fourth-order valence-electron chi connectivity index (χ4n) is 2.78. The summed E-state index contributed by atoms with van der Waals surface area (Å²) in [4.78, 5) is 16.3. The lowest BCUT2D eigenvalue weighted by Gasteiger charge is -2.05. The Bertz CT molecular complexity index is 680. The number of ether oxygens (including phenoxy) is 1. The van der Waals surface area contributed by atoms with Crippen molar-refractivity contribution in [3.63, 3.8) is 0 Å². The minimum absolute atomic E-state index is 0.0291. The van der Waals surface area contributed by atoms with E-state index < -0.39 is 0 Å². The zero-order valence-corrected chi connectivity index (χ0v) is 16.7. The van der Waals surface area contributed by atoms with Crippen LogP contribution in [-0.2, 0) is 11.2 Å². The Morgan fingerprint density at radius 3 is 2.59 bits per heavy atom. The van der Waals surface area contributed by atoms with E-state index in [4.69, 9.17) is 9.26 Å². The van der Waals surface area contributed by atoms with Gasteiger partial charge in [0, 0.05) is 24.9 Å². The third-order valence-electron chi connectivity index (χ3n) is 4.41. The highest BCUT2D eigenvalue weighted by Gasteiger charge is 2.10. The second kappa shape index (κ2) is 11.4. The number of aromatic nitrogens is 2. The molecule has 6 heteroatoms. The summed E-state index contributed by atoms with van der Waals surface area (Å²) in [5, 5.41) is 6.94. The number of rotatable bonds is 12. The van der Waals surface area contributed by atoms with E-state index in [1.165, 1.54) is 25.7 Å². The van der Waals surface area contributed by atoms with E-state index in [9.17, 15) is 4.79 Å². The standard InChI is InChI=1S/C21H31N3O3/c1-16(2)8-6-4-5-7-15-22-19(25)13-14-20-23-21(24-27-20)17-9-11-18(26-3)12-10-17/h9-12,16H,4-8,13-15H2,1-3H3,(H,22,25). The molecule has 0 aliphatic heterocycles. The molecule has 27 heavy (non-hydrogen) atoms. The number of carbonyl (C=O) groups is 1. The molecule has 2 aromatic rings. The monoisotopic (exact) mass is 373 g/mol. The van der Waals surface area contributed by atoms with Crippen LogP contribution in [0.5, 0.6) is 5.75 Å². The number of amides is 1. The minimum Gasteiger partial charge on any atom is -0.497 e. The molecule has 1 amide bonds. The summed E-state index contributed by atoms with van der Waals surface area (Å²) in [6.07, 6.45) is 6.81. The Morgan fingerprint density at radius 1 is 1.15 bits per heavy atom. The van der Waals surface area contributed by atoms with Crippen LogP contribution in [0.2, 0.25) is 0 Å². The Labute approximate surface area is 161 Å². The third kappa shape index (κ3) is 7.81. The van der Waals surface area contributed by atoms with Crippen molar-refractivity contribution in [2.45, 2.75) is 58.8 Å². The number of hydrogen-bond acceptors (Lipinski definition) is 5. The highest BCUT2D eigenvalue weighted by molar-refractivity contribution is 5.75. The molecule has 0 unspecified atom stereocenters. The molecule has 0 radical (unpaired) electrons. The second-order valence-corrected chi connectivity index (χ2v) is 7.19. The van der Waals surface area contributed by atoms with Gasteiger partial charge in [-0.25, -0.2) is 0 Å². The average molecular weight is 373 g/mol. The van der Waals surface area contributed by atoms with Crippen LogP contribution in [0, 0.1) is 5.92 Å². The molecule has 148 valence electrons. The summed E-state index contributed by atoms with van der Waals surface area (Å²) < 4.78 is 10.4. The SMILES string of the molecule is COc1ccc(-c2noc(CCC(=O)NCCCCCCC(C)C)n2)cc1. The van der Waals surface area contributed by atoms with E-state index in [-0.39, 0.29) is 5.91 Å². The van der Waals surface area contributed by atoms with Gasteiger partial charge in [-0.15, -0.1) is 0 Å². The van der Waals surface area contributed by atoms with Gasteiger partial charge in [-0.1, -0.05) is 44.7 Å². The van der Waals surface area contributed by atoms with Crippen LogP contribution in [0.25, 0.3) is 11.4 Å². The Hall–Kier alpha value is -2.37. The van der Waals surface area contributed by atoms with Crippen molar-refractivity contribution in [1.82, 2.24) is 15.5 Å². The number of unbranched alkanes of at least 4 members (excludes halogenated alkanes) is 3. The van der Waals surface area contributed by atoms with Gasteiger partial charge in [0.2, 0.25) is 17.6 Å². The van der Waals surface area contributed by atoms with Crippen molar-refractivity contribution in [3.05, 3.63) is 30.2 Å². The molecule has 0 fully saturated rings. The molecule has 1 N–H and O–H groups in total. The van der Waals surface area contributed by atoms with Gasteiger partial charge >= 0.3 is 0 Å². The summed E-state index contributed by atoms with van der Waals surface area (Å²) in [6.45, 7) is 5.24. The van der Waals surface area contributed by atoms with Crippen LogP contribution >= 0.6 is 0 Å². The first kappa shape index (κ1) is 20.9. The molecule has 0 spiro atoms. The molecule has 2 rings (SSSR count). The predicted octanol–water partition coefficient (Wildman–Crippen LogP) is 4.40. The van der Waals surface area contributed by atoms with Crippen LogP contribution in [0.1, 0.15) is 58.3 Å². The number of nitrogens with one attached hydrogen (secondary N) is 1. The van der Waals surface area contributed by atoms with Crippen molar-refractivity contribution < 1.29 is 14.1 Å². The first-order valence-corrected chi connectivity index (χ1v) is 9.82. The summed E-state index contributed by atoms with van der Waals surface area (Å²) in [6, 6.07) is 7.45. The second-order valence-electron chi connectivity index (χ2n) is 7.19. The van der Waals surface area contributed by atoms with Gasteiger partial charge < -0.3 is 14.6 Å². The fraction of sp³-hybridized carbons (Fsp3) is 0.571. The molecular weight excluding hydrogens is 342 g/mol. The lowest BCUT2D eigenvalue weighted by atomic mass is 10.0. The molecule has 0 atom stereocenters. The zero-order valence-electron chi connectivity index (χ0n) is 16.7. The lowest BCUT2D eigenvalue weighted by molar-refractivity contribution is -0.121. The van der Waals surface area contributed by atoms with Gasteiger partial charge in [-0.05, 0) is 36.6 Å². The molecule has 1 aromatic heterocycles. The Kier molecular flexibility index (Phi) is 8.81. The van der Waals surface area contributed by atoms with Crippen molar-refractivity contribution in [1.29, 1.82) is 0 Å². The number of methoxy groups -OCH3 is 1. The molecule has 0 saturated heterocycles.